The maximum absolute atomic E-state index is 11.9. The zero-order valence-corrected chi connectivity index (χ0v) is 15.3. The zero-order chi connectivity index (χ0) is 19.8. The fourth-order valence-corrected chi connectivity index (χ4v) is 2.32. The Morgan fingerprint density at radius 1 is 1.11 bits per heavy atom. The van der Waals surface area contributed by atoms with Crippen molar-refractivity contribution in [3.63, 3.8) is 0 Å². The van der Waals surface area contributed by atoms with Gasteiger partial charge in [-0.2, -0.15) is 5.10 Å². The second kappa shape index (κ2) is 9.65. The van der Waals surface area contributed by atoms with E-state index in [9.17, 15) is 19.7 Å². The van der Waals surface area contributed by atoms with Gasteiger partial charge in [0.25, 0.3) is 5.69 Å². The molecule has 2 N–H and O–H groups in total. The average Bonchev–Trinajstić information content (AvgIpc) is 2.63. The first-order valence-corrected chi connectivity index (χ1v) is 8.42. The molecular formula is C17H14Cl2N4O4. The number of hydrazone groups is 1. The van der Waals surface area contributed by atoms with Crippen molar-refractivity contribution in [3.05, 3.63) is 68.2 Å². The van der Waals surface area contributed by atoms with E-state index >= 15 is 0 Å². The predicted molar refractivity (Wildman–Crippen MR) is 103 cm³/mol. The van der Waals surface area contributed by atoms with Crippen LogP contribution in [0.2, 0.25) is 10.0 Å². The van der Waals surface area contributed by atoms with Gasteiger partial charge in [-0.05, 0) is 18.2 Å². The smallest absolute Gasteiger partial charge is 0.270 e. The van der Waals surface area contributed by atoms with Gasteiger partial charge < -0.3 is 5.32 Å². The van der Waals surface area contributed by atoms with E-state index in [1.807, 2.05) is 0 Å². The molecule has 27 heavy (non-hydrogen) atoms. The quantitative estimate of drug-likeness (QED) is 0.412. The number of hydrogen-bond acceptors (Lipinski definition) is 5. The zero-order valence-electron chi connectivity index (χ0n) is 13.8. The second-order valence-corrected chi connectivity index (χ2v) is 6.16. The highest BCUT2D eigenvalue weighted by Crippen LogP contribution is 2.25. The summed E-state index contributed by atoms with van der Waals surface area (Å²) in [6.07, 6.45) is 1.09. The predicted octanol–water partition coefficient (Wildman–Crippen LogP) is 3.77. The van der Waals surface area contributed by atoms with Gasteiger partial charge in [-0.3, -0.25) is 19.7 Å². The molecule has 0 atom stereocenters. The normalized spacial score (nSPS) is 10.6. The summed E-state index contributed by atoms with van der Waals surface area (Å²) in [5, 5.41) is 17.7. The number of nitro groups is 1. The van der Waals surface area contributed by atoms with E-state index in [-0.39, 0.29) is 18.5 Å². The fraction of sp³-hybridized carbons (Fsp3) is 0.118. The number of anilines is 1. The fourth-order valence-electron chi connectivity index (χ4n) is 1.99. The highest BCUT2D eigenvalue weighted by Gasteiger charge is 2.09. The van der Waals surface area contributed by atoms with E-state index in [1.165, 1.54) is 30.5 Å². The third-order valence-corrected chi connectivity index (χ3v) is 3.83. The molecule has 0 radical (unpaired) electrons. The van der Waals surface area contributed by atoms with Crippen LogP contribution in [-0.4, -0.2) is 23.0 Å². The lowest BCUT2D eigenvalue weighted by molar-refractivity contribution is -0.384. The van der Waals surface area contributed by atoms with Gasteiger partial charge in [0, 0.05) is 35.6 Å². The van der Waals surface area contributed by atoms with Crippen LogP contribution in [0.3, 0.4) is 0 Å². The molecule has 2 aromatic carbocycles. The van der Waals surface area contributed by atoms with Crippen molar-refractivity contribution < 1.29 is 14.5 Å². The number of nitro benzene ring substituents is 1. The molecule has 0 saturated heterocycles. The number of nitrogens with one attached hydrogen (secondary N) is 2. The van der Waals surface area contributed by atoms with Crippen LogP contribution < -0.4 is 10.7 Å². The summed E-state index contributed by atoms with van der Waals surface area (Å²) >= 11 is 11.8. The molecule has 140 valence electrons. The molecule has 0 fully saturated rings. The van der Waals surface area contributed by atoms with Gasteiger partial charge in [0.2, 0.25) is 11.8 Å². The van der Waals surface area contributed by atoms with Gasteiger partial charge in [0.15, 0.2) is 0 Å². The third kappa shape index (κ3) is 6.69. The van der Waals surface area contributed by atoms with E-state index in [4.69, 9.17) is 23.2 Å². The monoisotopic (exact) mass is 408 g/mol. The number of carbonyl (C=O) groups excluding carboxylic acids is 2. The van der Waals surface area contributed by atoms with E-state index in [0.29, 0.717) is 21.3 Å². The summed E-state index contributed by atoms with van der Waals surface area (Å²) in [6, 6.07) is 10.4. The SMILES string of the molecule is O=C(CCC(=O)Nc1cc(Cl)ccc1Cl)N/N=C\c1cccc([N+](=O)[O-])c1. The Bertz CT molecular complexity index is 902. The molecule has 0 aromatic heterocycles. The molecule has 2 rings (SSSR count). The van der Waals surface area contributed by atoms with Gasteiger partial charge in [-0.15, -0.1) is 0 Å². The Balaban J connectivity index is 1.80. The van der Waals surface area contributed by atoms with E-state index in [1.54, 1.807) is 18.2 Å². The summed E-state index contributed by atoms with van der Waals surface area (Å²) in [7, 11) is 0. The summed E-state index contributed by atoms with van der Waals surface area (Å²) in [5.74, 6) is -0.888. The molecule has 8 nitrogen and oxygen atoms in total. The second-order valence-electron chi connectivity index (χ2n) is 5.32. The molecule has 0 aliphatic heterocycles. The summed E-state index contributed by atoms with van der Waals surface area (Å²) in [4.78, 5) is 33.8. The van der Waals surface area contributed by atoms with Gasteiger partial charge in [-0.1, -0.05) is 35.3 Å². The van der Waals surface area contributed by atoms with Crippen LogP contribution in [0.4, 0.5) is 11.4 Å². The third-order valence-electron chi connectivity index (χ3n) is 3.27. The first kappa shape index (κ1) is 20.3. The summed E-state index contributed by atoms with van der Waals surface area (Å²) < 4.78 is 0. The van der Waals surface area contributed by atoms with Gasteiger partial charge >= 0.3 is 0 Å². The Morgan fingerprint density at radius 3 is 2.59 bits per heavy atom. The number of halogens is 2. The minimum atomic E-state index is -0.527. The van der Waals surface area contributed by atoms with Gasteiger partial charge in [0.05, 0.1) is 21.8 Å². The maximum atomic E-state index is 11.9. The highest BCUT2D eigenvalue weighted by molar-refractivity contribution is 6.35. The number of benzene rings is 2. The van der Waals surface area contributed by atoms with Crippen LogP contribution in [0.1, 0.15) is 18.4 Å². The number of carbonyl (C=O) groups is 2. The topological polar surface area (TPSA) is 114 Å². The van der Waals surface area contributed by atoms with Crippen LogP contribution in [0.5, 0.6) is 0 Å². The van der Waals surface area contributed by atoms with Crippen molar-refractivity contribution in [1.29, 1.82) is 0 Å². The molecule has 0 aliphatic rings. The van der Waals surface area contributed by atoms with Gasteiger partial charge in [-0.25, -0.2) is 5.43 Å². The molecule has 0 heterocycles. The van der Waals surface area contributed by atoms with Crippen LogP contribution in [0.25, 0.3) is 0 Å². The van der Waals surface area contributed by atoms with Crippen molar-refractivity contribution in [1.82, 2.24) is 5.43 Å². The van der Waals surface area contributed by atoms with E-state index in [0.717, 1.165) is 0 Å². The number of hydrogen-bond donors (Lipinski definition) is 2. The van der Waals surface area contributed by atoms with Crippen LogP contribution in [0.15, 0.2) is 47.6 Å². The van der Waals surface area contributed by atoms with Crippen LogP contribution >= 0.6 is 23.2 Å². The number of amides is 2. The number of non-ortho nitro benzene ring substituents is 1. The molecule has 2 amide bonds. The molecule has 0 spiro atoms. The molecule has 0 aliphatic carbocycles. The molecule has 10 heteroatoms. The minimum absolute atomic E-state index is 0.0818. The molecule has 0 saturated carbocycles. The van der Waals surface area contributed by atoms with Gasteiger partial charge in [0.1, 0.15) is 0 Å². The lowest BCUT2D eigenvalue weighted by Gasteiger charge is -2.07. The summed E-state index contributed by atoms with van der Waals surface area (Å²) in [5.41, 5.74) is 2.99. The Labute approximate surface area is 164 Å². The van der Waals surface area contributed by atoms with Crippen LogP contribution in [0, 0.1) is 10.1 Å². The molecular weight excluding hydrogens is 395 g/mol. The van der Waals surface area contributed by atoms with Crippen LogP contribution in [-0.2, 0) is 9.59 Å². The Kier molecular flexibility index (Phi) is 7.27. The highest BCUT2D eigenvalue weighted by atomic mass is 35.5. The van der Waals surface area contributed by atoms with E-state index < -0.39 is 16.7 Å². The van der Waals surface area contributed by atoms with E-state index in [2.05, 4.69) is 15.8 Å². The first-order valence-electron chi connectivity index (χ1n) is 7.66. The lowest BCUT2D eigenvalue weighted by atomic mass is 10.2. The first-order chi connectivity index (χ1) is 12.8. The Hall–Kier alpha value is -2.97. The van der Waals surface area contributed by atoms with Crippen molar-refractivity contribution in [2.75, 3.05) is 5.32 Å². The van der Waals surface area contributed by atoms with Crippen molar-refractivity contribution in [3.8, 4) is 0 Å². The number of nitrogens with zero attached hydrogens (tertiary/aromatic N) is 2. The maximum Gasteiger partial charge on any atom is 0.270 e. The lowest BCUT2D eigenvalue weighted by Crippen LogP contribution is -2.20. The van der Waals surface area contributed by atoms with Crippen molar-refractivity contribution in [2.45, 2.75) is 12.8 Å². The molecule has 0 unspecified atom stereocenters. The summed E-state index contributed by atoms with van der Waals surface area (Å²) in [6.45, 7) is 0. The number of rotatable bonds is 7. The average molecular weight is 409 g/mol. The Morgan fingerprint density at radius 2 is 1.85 bits per heavy atom. The standard InChI is InChI=1S/C17H14Cl2N4O4/c18-12-4-5-14(19)15(9-12)21-16(24)6-7-17(25)22-20-10-11-2-1-3-13(8-11)23(26)27/h1-5,8-10H,6-7H2,(H,21,24)(H,22,25)/b20-10-. The minimum Gasteiger partial charge on any atom is -0.325 e. The molecule has 2 aromatic rings. The van der Waals surface area contributed by atoms with Crippen molar-refractivity contribution in [2.24, 2.45) is 5.10 Å². The van der Waals surface area contributed by atoms with Crippen molar-refractivity contribution >= 4 is 52.6 Å². The largest absolute Gasteiger partial charge is 0.325 e. The molecule has 0 bridgehead atoms.